The molecule has 0 bridgehead atoms. The van der Waals surface area contributed by atoms with E-state index in [-0.39, 0.29) is 5.41 Å². The molecule has 0 saturated heterocycles. The summed E-state index contributed by atoms with van der Waals surface area (Å²) < 4.78 is 5.47. The van der Waals surface area contributed by atoms with Crippen molar-refractivity contribution in [2.24, 2.45) is 0 Å². The van der Waals surface area contributed by atoms with Gasteiger partial charge in [0.15, 0.2) is 0 Å². The summed E-state index contributed by atoms with van der Waals surface area (Å²) in [6, 6.07) is 6.03. The van der Waals surface area contributed by atoms with Gasteiger partial charge in [-0.3, -0.25) is 0 Å². The summed E-state index contributed by atoms with van der Waals surface area (Å²) in [5.74, 6) is 0. The van der Waals surface area contributed by atoms with Crippen LogP contribution in [0.2, 0.25) is 10.0 Å². The number of likely N-dealkylation sites (N-methyl/N-ethyl adjacent to an activating group) is 1. The molecular weight excluding hydrogens is 281 g/mol. The van der Waals surface area contributed by atoms with Gasteiger partial charge < -0.3 is 10.1 Å². The number of hydrogen-bond donors (Lipinski definition) is 1. The van der Waals surface area contributed by atoms with Gasteiger partial charge in [0.1, 0.15) is 0 Å². The molecule has 1 N–H and O–H groups in total. The van der Waals surface area contributed by atoms with Gasteiger partial charge in [-0.05, 0) is 50.4 Å². The van der Waals surface area contributed by atoms with E-state index < -0.39 is 0 Å². The van der Waals surface area contributed by atoms with E-state index in [9.17, 15) is 0 Å². The van der Waals surface area contributed by atoms with Gasteiger partial charge in [-0.15, -0.1) is 0 Å². The molecule has 0 heterocycles. The summed E-state index contributed by atoms with van der Waals surface area (Å²) in [6.45, 7) is 0.960. The van der Waals surface area contributed by atoms with E-state index in [0.717, 1.165) is 32.2 Å². The van der Waals surface area contributed by atoms with Crippen molar-refractivity contribution in [3.63, 3.8) is 0 Å². The molecule has 2 rings (SSSR count). The minimum atomic E-state index is 0.151. The third kappa shape index (κ3) is 3.25. The zero-order chi connectivity index (χ0) is 13.9. The molecule has 0 unspecified atom stereocenters. The third-order valence-electron chi connectivity index (χ3n) is 4.27. The monoisotopic (exact) mass is 301 g/mol. The van der Waals surface area contributed by atoms with Crippen molar-refractivity contribution in [1.82, 2.24) is 5.32 Å². The van der Waals surface area contributed by atoms with Crippen LogP contribution in [-0.2, 0) is 10.2 Å². The Morgan fingerprint density at radius 1 is 1.26 bits per heavy atom. The fourth-order valence-electron chi connectivity index (χ4n) is 3.11. The zero-order valence-electron chi connectivity index (χ0n) is 11.5. The van der Waals surface area contributed by atoms with E-state index in [1.165, 1.54) is 5.56 Å². The van der Waals surface area contributed by atoms with E-state index in [4.69, 9.17) is 27.9 Å². The predicted octanol–water partition coefficient (Wildman–Crippen LogP) is 4.04. The summed E-state index contributed by atoms with van der Waals surface area (Å²) in [6.07, 6.45) is 4.82. The highest BCUT2D eigenvalue weighted by Gasteiger charge is 2.36. The standard InChI is InChI=1S/C15H21Cl2NO/c1-18-10-15(7-5-12(19-2)6-8-15)11-3-4-13(16)14(17)9-11/h3-4,9,12,18H,5-8,10H2,1-2H3. The van der Waals surface area contributed by atoms with Crippen LogP contribution in [0.25, 0.3) is 0 Å². The van der Waals surface area contributed by atoms with Crippen molar-refractivity contribution in [3.8, 4) is 0 Å². The van der Waals surface area contributed by atoms with E-state index >= 15 is 0 Å². The molecule has 1 aliphatic rings. The van der Waals surface area contributed by atoms with Gasteiger partial charge in [-0.25, -0.2) is 0 Å². The Balaban J connectivity index is 2.26. The Bertz CT molecular complexity index is 428. The van der Waals surface area contributed by atoms with Gasteiger partial charge in [-0.2, -0.15) is 0 Å². The summed E-state index contributed by atoms with van der Waals surface area (Å²) >= 11 is 12.2. The van der Waals surface area contributed by atoms with Gasteiger partial charge in [0.2, 0.25) is 0 Å². The topological polar surface area (TPSA) is 21.3 Å². The van der Waals surface area contributed by atoms with E-state index in [1.54, 1.807) is 7.11 Å². The summed E-state index contributed by atoms with van der Waals surface area (Å²) in [5.41, 5.74) is 1.43. The number of ether oxygens (including phenoxy) is 1. The lowest BCUT2D eigenvalue weighted by atomic mass is 9.68. The van der Waals surface area contributed by atoms with E-state index in [2.05, 4.69) is 11.4 Å². The maximum atomic E-state index is 6.17. The van der Waals surface area contributed by atoms with Crippen LogP contribution in [0.3, 0.4) is 0 Å². The highest BCUT2D eigenvalue weighted by molar-refractivity contribution is 6.42. The Labute approximate surface area is 125 Å². The molecule has 1 saturated carbocycles. The van der Waals surface area contributed by atoms with Crippen molar-refractivity contribution >= 4 is 23.2 Å². The normalized spacial score (nSPS) is 27.5. The second-order valence-electron chi connectivity index (χ2n) is 5.37. The fourth-order valence-corrected chi connectivity index (χ4v) is 3.41. The molecule has 0 radical (unpaired) electrons. The van der Waals surface area contributed by atoms with Crippen LogP contribution in [0.5, 0.6) is 0 Å². The molecule has 0 amide bonds. The Morgan fingerprint density at radius 2 is 1.95 bits per heavy atom. The second-order valence-corrected chi connectivity index (χ2v) is 6.19. The largest absolute Gasteiger partial charge is 0.381 e. The maximum Gasteiger partial charge on any atom is 0.0595 e. The molecule has 106 valence electrons. The van der Waals surface area contributed by atoms with Gasteiger partial charge in [0.05, 0.1) is 16.1 Å². The summed E-state index contributed by atoms with van der Waals surface area (Å²) in [5, 5.41) is 4.59. The quantitative estimate of drug-likeness (QED) is 0.906. The minimum absolute atomic E-state index is 0.151. The minimum Gasteiger partial charge on any atom is -0.381 e. The molecule has 4 heteroatoms. The first-order chi connectivity index (χ1) is 9.11. The maximum absolute atomic E-state index is 6.17. The highest BCUT2D eigenvalue weighted by Crippen LogP contribution is 2.41. The average Bonchev–Trinajstić information content (AvgIpc) is 2.43. The molecule has 19 heavy (non-hydrogen) atoms. The fraction of sp³-hybridized carbons (Fsp3) is 0.600. The van der Waals surface area contributed by atoms with Gasteiger partial charge in [0.25, 0.3) is 0 Å². The van der Waals surface area contributed by atoms with Crippen molar-refractivity contribution < 1.29 is 4.74 Å². The SMILES string of the molecule is CNCC1(c2ccc(Cl)c(Cl)c2)CCC(OC)CC1. The lowest BCUT2D eigenvalue weighted by molar-refractivity contribution is 0.0484. The van der Waals surface area contributed by atoms with Gasteiger partial charge in [0, 0.05) is 19.1 Å². The zero-order valence-corrected chi connectivity index (χ0v) is 13.0. The van der Waals surface area contributed by atoms with Gasteiger partial charge in [-0.1, -0.05) is 29.3 Å². The smallest absolute Gasteiger partial charge is 0.0595 e. The molecule has 2 nitrogen and oxygen atoms in total. The predicted molar refractivity (Wildman–Crippen MR) is 81.3 cm³/mol. The lowest BCUT2D eigenvalue weighted by Crippen LogP contribution is -2.41. The van der Waals surface area contributed by atoms with E-state index in [1.807, 2.05) is 19.2 Å². The number of nitrogens with one attached hydrogen (secondary N) is 1. The number of rotatable bonds is 4. The van der Waals surface area contributed by atoms with Crippen molar-refractivity contribution in [2.75, 3.05) is 20.7 Å². The first kappa shape index (κ1) is 15.1. The summed E-state index contributed by atoms with van der Waals surface area (Å²) in [4.78, 5) is 0. The van der Waals surface area contributed by atoms with Crippen molar-refractivity contribution in [2.45, 2.75) is 37.2 Å². The lowest BCUT2D eigenvalue weighted by Gasteiger charge is -2.40. The molecule has 0 atom stereocenters. The molecule has 1 aromatic carbocycles. The molecule has 1 fully saturated rings. The molecular formula is C15H21Cl2NO. The van der Waals surface area contributed by atoms with Crippen molar-refractivity contribution in [3.05, 3.63) is 33.8 Å². The van der Waals surface area contributed by atoms with Crippen LogP contribution in [0.4, 0.5) is 0 Å². The molecule has 0 spiro atoms. The first-order valence-corrected chi connectivity index (χ1v) is 7.50. The van der Waals surface area contributed by atoms with Crippen molar-refractivity contribution in [1.29, 1.82) is 0 Å². The van der Waals surface area contributed by atoms with Crippen LogP contribution in [0, 0.1) is 0 Å². The molecule has 0 aliphatic heterocycles. The number of methoxy groups -OCH3 is 1. The van der Waals surface area contributed by atoms with Crippen LogP contribution in [-0.4, -0.2) is 26.8 Å². The number of benzene rings is 1. The number of halogens is 2. The molecule has 0 aromatic heterocycles. The van der Waals surface area contributed by atoms with Gasteiger partial charge >= 0.3 is 0 Å². The first-order valence-electron chi connectivity index (χ1n) is 6.74. The second kappa shape index (κ2) is 6.45. The van der Waals surface area contributed by atoms with E-state index in [0.29, 0.717) is 16.1 Å². The third-order valence-corrected chi connectivity index (χ3v) is 5.01. The van der Waals surface area contributed by atoms with Crippen LogP contribution >= 0.6 is 23.2 Å². The number of hydrogen-bond acceptors (Lipinski definition) is 2. The molecule has 1 aliphatic carbocycles. The summed E-state index contributed by atoms with van der Waals surface area (Å²) in [7, 11) is 3.80. The highest BCUT2D eigenvalue weighted by atomic mass is 35.5. The Kier molecular flexibility index (Phi) is 5.13. The van der Waals surface area contributed by atoms with Crippen LogP contribution < -0.4 is 5.32 Å². The molecule has 1 aromatic rings. The average molecular weight is 302 g/mol. The Morgan fingerprint density at radius 3 is 2.47 bits per heavy atom. The van der Waals surface area contributed by atoms with Crippen LogP contribution in [0.1, 0.15) is 31.2 Å². The Hall–Kier alpha value is -0.280. The van der Waals surface area contributed by atoms with Crippen LogP contribution in [0.15, 0.2) is 18.2 Å².